The van der Waals surface area contributed by atoms with Gasteiger partial charge in [0.15, 0.2) is 5.75 Å². The molecule has 0 aliphatic carbocycles. The maximum absolute atomic E-state index is 11.9. The van der Waals surface area contributed by atoms with Crippen molar-refractivity contribution in [2.75, 3.05) is 33.4 Å². The topological polar surface area (TPSA) is 57.2 Å². The predicted octanol–water partition coefficient (Wildman–Crippen LogP) is 7.33. The first-order valence-electron chi connectivity index (χ1n) is 12.7. The Morgan fingerprint density at radius 3 is 2.47 bits per heavy atom. The minimum atomic E-state index is -0.266. The summed E-state index contributed by atoms with van der Waals surface area (Å²) < 4.78 is 24.2. The third-order valence-electron chi connectivity index (χ3n) is 6.97. The fraction of sp³-hybridized carbons (Fsp3) is 0.300. The van der Waals surface area contributed by atoms with Gasteiger partial charge in [0, 0.05) is 22.2 Å². The second-order valence-electron chi connectivity index (χ2n) is 9.39. The zero-order chi connectivity index (χ0) is 25.2. The second kappa shape index (κ2) is 11.6. The lowest BCUT2D eigenvalue weighted by molar-refractivity contribution is 0.0535. The van der Waals surface area contributed by atoms with Gasteiger partial charge in [0.2, 0.25) is 0 Å². The third-order valence-corrected chi connectivity index (χ3v) is 8.15. The molecule has 198 valence electrons. The molecule has 0 N–H and O–H groups in total. The number of fused-ring (bicyclic) bond motifs is 2. The molecule has 0 saturated carbocycles. The van der Waals surface area contributed by atoms with E-state index in [1.54, 1.807) is 18.4 Å². The van der Waals surface area contributed by atoms with Gasteiger partial charge in [-0.3, -0.25) is 4.90 Å². The lowest BCUT2D eigenvalue weighted by Gasteiger charge is -2.26. The molecule has 6 rings (SSSR count). The first-order chi connectivity index (χ1) is 18.2. The van der Waals surface area contributed by atoms with Crippen LogP contribution < -0.4 is 14.2 Å². The summed E-state index contributed by atoms with van der Waals surface area (Å²) in [7, 11) is 1.67. The molecular weight excluding hydrogens is 522 g/mol. The molecule has 0 unspecified atom stereocenters. The molecule has 1 aromatic heterocycles. The van der Waals surface area contributed by atoms with Crippen LogP contribution in [0.4, 0.5) is 0 Å². The molecule has 3 heterocycles. The van der Waals surface area contributed by atoms with Crippen molar-refractivity contribution in [1.29, 1.82) is 0 Å². The molecule has 6 nitrogen and oxygen atoms in total. The van der Waals surface area contributed by atoms with E-state index < -0.39 is 0 Å². The zero-order valence-corrected chi connectivity index (χ0v) is 22.9. The molecule has 38 heavy (non-hydrogen) atoms. The van der Waals surface area contributed by atoms with E-state index in [-0.39, 0.29) is 18.4 Å². The number of cyclic esters (lactones) is 1. The molecule has 0 bridgehead atoms. The maximum atomic E-state index is 11.9. The van der Waals surface area contributed by atoms with Crippen LogP contribution in [0.3, 0.4) is 0 Å². The van der Waals surface area contributed by atoms with Crippen LogP contribution in [0.15, 0.2) is 60.7 Å². The van der Waals surface area contributed by atoms with Crippen molar-refractivity contribution >= 4 is 39.8 Å². The Morgan fingerprint density at radius 1 is 0.921 bits per heavy atom. The standard InChI is InChI=1S/C30H29NO5S.ClH/c1-33-24-10-12-26-27(18-24)37-29(20-5-11-25-21(17-20)19-35-30(25)32)28(26)36-23-8-6-22(7-9-23)34-16-15-31-13-3-2-4-14-31;/h5-12,17-18H,2-4,13-16,19H2,1H3;1H. The first kappa shape index (κ1) is 26.4. The van der Waals surface area contributed by atoms with E-state index in [1.165, 1.54) is 32.4 Å². The summed E-state index contributed by atoms with van der Waals surface area (Å²) in [6, 6.07) is 19.6. The fourth-order valence-electron chi connectivity index (χ4n) is 4.94. The molecule has 0 radical (unpaired) electrons. The molecule has 0 atom stereocenters. The van der Waals surface area contributed by atoms with Crippen molar-refractivity contribution in [3.05, 3.63) is 71.8 Å². The van der Waals surface area contributed by atoms with Crippen LogP contribution in [0.5, 0.6) is 23.0 Å². The SMILES string of the molecule is COc1ccc2c(Oc3ccc(OCCN4CCCCC4)cc3)c(-c3ccc4c(c3)COC4=O)sc2c1.Cl. The molecule has 1 fully saturated rings. The highest BCUT2D eigenvalue weighted by molar-refractivity contribution is 7.22. The van der Waals surface area contributed by atoms with Crippen LogP contribution in [0.1, 0.15) is 35.2 Å². The van der Waals surface area contributed by atoms with Crippen LogP contribution in [0.25, 0.3) is 20.5 Å². The summed E-state index contributed by atoms with van der Waals surface area (Å²) in [5.74, 6) is 2.89. The molecule has 1 saturated heterocycles. The summed E-state index contributed by atoms with van der Waals surface area (Å²) in [6.07, 6.45) is 3.92. The van der Waals surface area contributed by atoms with Crippen molar-refractivity contribution in [2.24, 2.45) is 0 Å². The van der Waals surface area contributed by atoms with Crippen LogP contribution >= 0.6 is 23.7 Å². The lowest BCUT2D eigenvalue weighted by atomic mass is 10.0. The normalized spacial score (nSPS) is 15.0. The number of esters is 1. The molecule has 3 aromatic carbocycles. The quantitative estimate of drug-likeness (QED) is 0.214. The number of piperidine rings is 1. The van der Waals surface area contributed by atoms with E-state index >= 15 is 0 Å². The van der Waals surface area contributed by atoms with Crippen molar-refractivity contribution in [3.8, 4) is 33.4 Å². The van der Waals surface area contributed by atoms with E-state index in [4.69, 9.17) is 18.9 Å². The van der Waals surface area contributed by atoms with Gasteiger partial charge in [0.05, 0.1) is 17.6 Å². The van der Waals surface area contributed by atoms with Gasteiger partial charge in [0.1, 0.15) is 30.5 Å². The number of hydrogen-bond acceptors (Lipinski definition) is 7. The van der Waals surface area contributed by atoms with E-state index in [1.807, 2.05) is 60.7 Å². The van der Waals surface area contributed by atoms with Crippen molar-refractivity contribution < 1.29 is 23.7 Å². The van der Waals surface area contributed by atoms with Gasteiger partial charge in [-0.25, -0.2) is 4.79 Å². The number of ether oxygens (including phenoxy) is 4. The van der Waals surface area contributed by atoms with Crippen molar-refractivity contribution in [3.63, 3.8) is 0 Å². The minimum absolute atomic E-state index is 0. The molecule has 0 spiro atoms. The van der Waals surface area contributed by atoms with Gasteiger partial charge in [-0.2, -0.15) is 0 Å². The first-order valence-corrected chi connectivity index (χ1v) is 13.5. The number of likely N-dealkylation sites (tertiary alicyclic amines) is 1. The van der Waals surface area contributed by atoms with Gasteiger partial charge < -0.3 is 18.9 Å². The number of nitrogens with zero attached hydrogens (tertiary/aromatic N) is 1. The van der Waals surface area contributed by atoms with Crippen molar-refractivity contribution in [2.45, 2.75) is 25.9 Å². The number of thiophene rings is 1. The van der Waals surface area contributed by atoms with Crippen LogP contribution in [-0.4, -0.2) is 44.2 Å². The van der Waals surface area contributed by atoms with Gasteiger partial charge in [-0.05, 0) is 86.1 Å². The Labute approximate surface area is 232 Å². The van der Waals surface area contributed by atoms with Crippen LogP contribution in [-0.2, 0) is 11.3 Å². The Morgan fingerprint density at radius 2 is 1.68 bits per heavy atom. The average Bonchev–Trinajstić information content (AvgIpc) is 3.49. The highest BCUT2D eigenvalue weighted by Gasteiger charge is 2.24. The molecule has 2 aliphatic rings. The van der Waals surface area contributed by atoms with E-state index in [0.717, 1.165) is 55.6 Å². The van der Waals surface area contributed by atoms with Gasteiger partial charge >= 0.3 is 5.97 Å². The Balaban J connectivity index is 0.00000294. The summed E-state index contributed by atoms with van der Waals surface area (Å²) in [4.78, 5) is 15.4. The van der Waals surface area contributed by atoms with Gasteiger partial charge in [0.25, 0.3) is 0 Å². The number of carbonyl (C=O) groups excluding carboxylic acids is 1. The molecular formula is C30H30ClNO5S. The Bertz CT molecular complexity index is 1430. The second-order valence-corrected chi connectivity index (χ2v) is 10.4. The number of hydrogen-bond donors (Lipinski definition) is 0. The number of benzene rings is 3. The Kier molecular flexibility index (Phi) is 8.07. The van der Waals surface area contributed by atoms with E-state index in [2.05, 4.69) is 4.90 Å². The van der Waals surface area contributed by atoms with Crippen LogP contribution in [0, 0.1) is 0 Å². The predicted molar refractivity (Wildman–Crippen MR) is 152 cm³/mol. The van der Waals surface area contributed by atoms with Gasteiger partial charge in [-0.15, -0.1) is 23.7 Å². The molecule has 0 amide bonds. The number of methoxy groups -OCH3 is 1. The highest BCUT2D eigenvalue weighted by Crippen LogP contribution is 2.47. The number of rotatable bonds is 8. The van der Waals surface area contributed by atoms with E-state index in [0.29, 0.717) is 18.8 Å². The average molecular weight is 552 g/mol. The third kappa shape index (κ3) is 5.46. The summed E-state index contributed by atoms with van der Waals surface area (Å²) >= 11 is 1.64. The molecule has 8 heteroatoms. The monoisotopic (exact) mass is 551 g/mol. The Hall–Kier alpha value is -3.26. The van der Waals surface area contributed by atoms with Crippen LogP contribution in [0.2, 0.25) is 0 Å². The van der Waals surface area contributed by atoms with Gasteiger partial charge in [-0.1, -0.05) is 12.5 Å². The summed E-state index contributed by atoms with van der Waals surface area (Å²) in [5, 5.41) is 1.01. The number of halogens is 1. The molecule has 4 aromatic rings. The fourth-order valence-corrected chi connectivity index (χ4v) is 6.10. The number of carbonyl (C=O) groups is 1. The zero-order valence-electron chi connectivity index (χ0n) is 21.2. The lowest BCUT2D eigenvalue weighted by Crippen LogP contribution is -2.33. The van der Waals surface area contributed by atoms with E-state index in [9.17, 15) is 4.79 Å². The maximum Gasteiger partial charge on any atom is 0.338 e. The highest BCUT2D eigenvalue weighted by atomic mass is 35.5. The summed E-state index contributed by atoms with van der Waals surface area (Å²) in [5.41, 5.74) is 2.52. The minimum Gasteiger partial charge on any atom is -0.497 e. The molecule has 2 aliphatic heterocycles. The van der Waals surface area contributed by atoms with Crippen molar-refractivity contribution in [1.82, 2.24) is 4.90 Å². The smallest absolute Gasteiger partial charge is 0.338 e. The summed E-state index contributed by atoms with van der Waals surface area (Å²) in [6.45, 7) is 4.30. The largest absolute Gasteiger partial charge is 0.497 e.